The first kappa shape index (κ1) is 12.8. The minimum atomic E-state index is -1.74. The first-order valence-electron chi connectivity index (χ1n) is 4.79. The van der Waals surface area contributed by atoms with Crippen LogP contribution < -0.4 is 0 Å². The molecule has 1 aromatic rings. The molecule has 1 unspecified atom stereocenters. The molecule has 0 radical (unpaired) electrons. The summed E-state index contributed by atoms with van der Waals surface area (Å²) in [6, 6.07) is 5.94. The van der Waals surface area contributed by atoms with Gasteiger partial charge in [-0.2, -0.15) is 0 Å². The number of halogens is 1. The number of hydrogen-bond donors (Lipinski definition) is 1. The van der Waals surface area contributed by atoms with E-state index < -0.39 is 11.5 Å². The number of phenolic OH excluding ortho intramolecular Hbond substituents is 1. The van der Waals surface area contributed by atoms with Gasteiger partial charge < -0.3 is 9.84 Å². The zero-order valence-electron chi connectivity index (χ0n) is 9.01. The molecule has 0 saturated carbocycles. The lowest BCUT2D eigenvalue weighted by atomic mass is 10.3. The van der Waals surface area contributed by atoms with E-state index in [9.17, 15) is 9.18 Å². The van der Waals surface area contributed by atoms with Gasteiger partial charge in [0.15, 0.2) is 0 Å². The van der Waals surface area contributed by atoms with Gasteiger partial charge in [-0.05, 0) is 38.1 Å². The molecule has 1 aromatic carbocycles. The van der Waals surface area contributed by atoms with Gasteiger partial charge in [0.25, 0.3) is 0 Å². The van der Waals surface area contributed by atoms with E-state index in [1.54, 1.807) is 13.8 Å². The molecule has 0 aliphatic carbocycles. The third-order valence-corrected chi connectivity index (χ3v) is 2.56. The summed E-state index contributed by atoms with van der Waals surface area (Å²) in [7, 11) is 0. The highest BCUT2D eigenvalue weighted by Gasteiger charge is 2.21. The van der Waals surface area contributed by atoms with E-state index in [1.807, 2.05) is 0 Å². The van der Waals surface area contributed by atoms with Gasteiger partial charge in [0.1, 0.15) is 5.75 Å². The van der Waals surface area contributed by atoms with Gasteiger partial charge in [-0.3, -0.25) is 0 Å². The predicted molar refractivity (Wildman–Crippen MR) is 60.1 cm³/mol. The molecular weight excluding hydrogens is 231 g/mol. The summed E-state index contributed by atoms with van der Waals surface area (Å²) in [5.74, 6) is -0.780. The van der Waals surface area contributed by atoms with E-state index >= 15 is 0 Å². The molecule has 16 heavy (non-hydrogen) atoms. The lowest BCUT2D eigenvalue weighted by molar-refractivity contribution is -0.149. The van der Waals surface area contributed by atoms with Crippen LogP contribution in [0.1, 0.15) is 13.8 Å². The highest BCUT2D eigenvalue weighted by atomic mass is 32.2. The van der Waals surface area contributed by atoms with Crippen molar-refractivity contribution in [3.05, 3.63) is 24.3 Å². The number of alkyl halides is 1. The molecule has 0 heterocycles. The number of ether oxygens (including phenoxy) is 1. The van der Waals surface area contributed by atoms with Crippen LogP contribution >= 0.6 is 11.8 Å². The molecule has 1 atom stereocenters. The second-order valence-corrected chi connectivity index (χ2v) is 4.53. The van der Waals surface area contributed by atoms with Gasteiger partial charge in [-0.1, -0.05) is 11.8 Å². The van der Waals surface area contributed by atoms with Crippen LogP contribution in [0.15, 0.2) is 29.2 Å². The van der Waals surface area contributed by atoms with Crippen molar-refractivity contribution in [3.8, 4) is 5.75 Å². The largest absolute Gasteiger partial charge is 0.508 e. The fraction of sp³-hybridized carbons (Fsp3) is 0.364. The Morgan fingerprint density at radius 3 is 2.44 bits per heavy atom. The fourth-order valence-corrected chi connectivity index (χ4v) is 1.66. The molecule has 0 amide bonds. The van der Waals surface area contributed by atoms with E-state index in [4.69, 9.17) is 9.84 Å². The van der Waals surface area contributed by atoms with Crippen LogP contribution in [0.3, 0.4) is 0 Å². The summed E-state index contributed by atoms with van der Waals surface area (Å²) in [5, 5.41) is 9.02. The molecule has 1 rings (SSSR count). The van der Waals surface area contributed by atoms with E-state index in [-0.39, 0.29) is 11.9 Å². The lowest BCUT2D eigenvalue weighted by Gasteiger charge is -2.10. The summed E-state index contributed by atoms with van der Waals surface area (Å²) < 4.78 is 18.1. The van der Waals surface area contributed by atoms with Gasteiger partial charge in [0.05, 0.1) is 6.10 Å². The lowest BCUT2D eigenvalue weighted by Crippen LogP contribution is -2.19. The molecule has 0 saturated heterocycles. The SMILES string of the molecule is CC(C)OC(=O)C(F)Sc1ccc(O)cc1. The number of aromatic hydroxyl groups is 1. The molecule has 0 spiro atoms. The van der Waals surface area contributed by atoms with Gasteiger partial charge in [0.2, 0.25) is 5.50 Å². The summed E-state index contributed by atoms with van der Waals surface area (Å²) >= 11 is 0.750. The summed E-state index contributed by atoms with van der Waals surface area (Å²) in [6.45, 7) is 3.33. The van der Waals surface area contributed by atoms with E-state index in [1.165, 1.54) is 24.3 Å². The number of benzene rings is 1. The average molecular weight is 244 g/mol. The van der Waals surface area contributed by atoms with Gasteiger partial charge in [-0.25, -0.2) is 9.18 Å². The number of carbonyl (C=O) groups excluding carboxylic acids is 1. The van der Waals surface area contributed by atoms with Gasteiger partial charge in [0, 0.05) is 4.90 Å². The van der Waals surface area contributed by atoms with Crippen molar-refractivity contribution in [1.82, 2.24) is 0 Å². The Bertz CT molecular complexity index is 351. The fourth-order valence-electron chi connectivity index (χ4n) is 0.978. The molecule has 1 N–H and O–H groups in total. The number of rotatable bonds is 4. The molecule has 0 aliphatic rings. The van der Waals surface area contributed by atoms with Crippen molar-refractivity contribution in [3.63, 3.8) is 0 Å². The van der Waals surface area contributed by atoms with Crippen LogP contribution in [-0.4, -0.2) is 22.7 Å². The van der Waals surface area contributed by atoms with Crippen LogP contribution in [0.5, 0.6) is 5.75 Å². The third-order valence-electron chi connectivity index (χ3n) is 1.61. The Hall–Kier alpha value is -1.23. The standard InChI is InChI=1S/C11H13FO3S/c1-7(2)15-11(14)10(12)16-9-5-3-8(13)4-6-9/h3-7,10,13H,1-2H3. The van der Waals surface area contributed by atoms with Gasteiger partial charge in [-0.15, -0.1) is 0 Å². The minimum Gasteiger partial charge on any atom is -0.508 e. The Labute approximate surface area is 97.6 Å². The van der Waals surface area contributed by atoms with Crippen molar-refractivity contribution in [1.29, 1.82) is 0 Å². The van der Waals surface area contributed by atoms with Gasteiger partial charge >= 0.3 is 5.97 Å². The molecule has 88 valence electrons. The van der Waals surface area contributed by atoms with Crippen molar-refractivity contribution < 1.29 is 19.0 Å². The molecule has 3 nitrogen and oxygen atoms in total. The highest BCUT2D eigenvalue weighted by Crippen LogP contribution is 2.26. The first-order chi connectivity index (χ1) is 7.49. The number of hydrogen-bond acceptors (Lipinski definition) is 4. The van der Waals surface area contributed by atoms with Crippen molar-refractivity contribution in [2.75, 3.05) is 0 Å². The van der Waals surface area contributed by atoms with Crippen LogP contribution in [0.2, 0.25) is 0 Å². The summed E-state index contributed by atoms with van der Waals surface area (Å²) in [6.07, 6.45) is -0.328. The monoisotopic (exact) mass is 244 g/mol. The molecule has 0 bridgehead atoms. The molecular formula is C11H13FO3S. The average Bonchev–Trinajstić information content (AvgIpc) is 2.20. The predicted octanol–water partition coefficient (Wildman–Crippen LogP) is 2.73. The summed E-state index contributed by atoms with van der Waals surface area (Å²) in [4.78, 5) is 11.7. The zero-order valence-corrected chi connectivity index (χ0v) is 9.83. The van der Waals surface area contributed by atoms with E-state index in [2.05, 4.69) is 0 Å². The maximum absolute atomic E-state index is 13.4. The molecule has 5 heteroatoms. The topological polar surface area (TPSA) is 46.5 Å². The maximum Gasteiger partial charge on any atom is 0.352 e. The van der Waals surface area contributed by atoms with Crippen molar-refractivity contribution >= 4 is 17.7 Å². The van der Waals surface area contributed by atoms with E-state index in [0.29, 0.717) is 4.90 Å². The second-order valence-electron chi connectivity index (χ2n) is 3.41. The smallest absolute Gasteiger partial charge is 0.352 e. The van der Waals surface area contributed by atoms with Crippen molar-refractivity contribution in [2.24, 2.45) is 0 Å². The number of carbonyl (C=O) groups is 1. The summed E-state index contributed by atoms with van der Waals surface area (Å²) in [5.41, 5.74) is -1.74. The van der Waals surface area contributed by atoms with Crippen LogP contribution in [0.25, 0.3) is 0 Å². The van der Waals surface area contributed by atoms with Crippen LogP contribution in [0, 0.1) is 0 Å². The molecule has 0 aliphatic heterocycles. The van der Waals surface area contributed by atoms with E-state index in [0.717, 1.165) is 11.8 Å². The first-order valence-corrected chi connectivity index (χ1v) is 5.67. The second kappa shape index (κ2) is 5.75. The number of esters is 1. The van der Waals surface area contributed by atoms with Crippen LogP contribution in [-0.2, 0) is 9.53 Å². The Morgan fingerprint density at radius 2 is 1.94 bits per heavy atom. The molecule has 0 aromatic heterocycles. The van der Waals surface area contributed by atoms with Crippen LogP contribution in [0.4, 0.5) is 4.39 Å². The third kappa shape index (κ3) is 4.10. The zero-order chi connectivity index (χ0) is 12.1. The minimum absolute atomic E-state index is 0.101. The Balaban J connectivity index is 2.53. The quantitative estimate of drug-likeness (QED) is 0.653. The number of phenols is 1. The van der Waals surface area contributed by atoms with Crippen molar-refractivity contribution in [2.45, 2.75) is 30.4 Å². The molecule has 0 fully saturated rings. The Kier molecular flexibility index (Phi) is 4.61. The highest BCUT2D eigenvalue weighted by molar-refractivity contribution is 8.00. The Morgan fingerprint density at radius 1 is 1.38 bits per heavy atom. The maximum atomic E-state index is 13.4. The normalized spacial score (nSPS) is 12.5. The number of thioether (sulfide) groups is 1.